The van der Waals surface area contributed by atoms with Gasteiger partial charge in [-0.05, 0) is 48.1 Å². The highest BCUT2D eigenvalue weighted by Gasteiger charge is 2.30. The Morgan fingerprint density at radius 1 is 0.912 bits per heavy atom. The lowest BCUT2D eigenvalue weighted by Crippen LogP contribution is -2.30. The first-order valence-corrected chi connectivity index (χ1v) is 12.7. The monoisotopic (exact) mass is 462 g/mol. The number of aryl methyl sites for hydroxylation is 2. The second-order valence-electron chi connectivity index (χ2n) is 9.52. The van der Waals surface area contributed by atoms with E-state index in [1.807, 2.05) is 11.3 Å². The third kappa shape index (κ3) is 3.24. The molecule has 0 aliphatic carbocycles. The van der Waals surface area contributed by atoms with Crippen molar-refractivity contribution in [3.05, 3.63) is 89.4 Å². The van der Waals surface area contributed by atoms with E-state index in [0.29, 0.717) is 5.92 Å². The quantitative estimate of drug-likeness (QED) is 0.250. The minimum Gasteiger partial charge on any atom is -0.241 e. The standard InChI is InChI=1S/C30H28N3S/c1-19(2)18-27-31-23-17-16-20(3)28(29(23)34-27)30-32(4)25-13-7-8-14-26(25)33(30)24-15-9-11-21-10-5-6-12-22(21)24/h5-17,19H,18H2,1-4H3/q+1. The molecule has 0 N–H and O–H groups in total. The van der Waals surface area contributed by atoms with E-state index in [-0.39, 0.29) is 0 Å². The number of para-hydroxylation sites is 2. The molecule has 0 saturated heterocycles. The highest BCUT2D eigenvalue weighted by atomic mass is 32.1. The van der Waals surface area contributed by atoms with E-state index in [0.717, 1.165) is 11.9 Å². The van der Waals surface area contributed by atoms with E-state index >= 15 is 0 Å². The molecule has 168 valence electrons. The molecule has 0 saturated carbocycles. The normalized spacial score (nSPS) is 11.9. The Morgan fingerprint density at radius 3 is 2.53 bits per heavy atom. The van der Waals surface area contributed by atoms with E-state index in [9.17, 15) is 0 Å². The molecule has 2 heterocycles. The summed E-state index contributed by atoms with van der Waals surface area (Å²) in [4.78, 5) is 5.02. The maximum atomic E-state index is 5.02. The lowest BCUT2D eigenvalue weighted by molar-refractivity contribution is -0.633. The van der Waals surface area contributed by atoms with Gasteiger partial charge in [0, 0.05) is 11.8 Å². The second kappa shape index (κ2) is 8.07. The second-order valence-corrected chi connectivity index (χ2v) is 10.6. The molecule has 0 spiro atoms. The van der Waals surface area contributed by atoms with Crippen LogP contribution >= 0.6 is 11.3 Å². The number of thiazole rings is 1. The van der Waals surface area contributed by atoms with Crippen molar-refractivity contribution in [3.8, 4) is 17.1 Å². The van der Waals surface area contributed by atoms with Crippen molar-refractivity contribution < 1.29 is 4.57 Å². The van der Waals surface area contributed by atoms with Gasteiger partial charge in [-0.3, -0.25) is 0 Å². The summed E-state index contributed by atoms with van der Waals surface area (Å²) in [5.74, 6) is 1.78. The van der Waals surface area contributed by atoms with Gasteiger partial charge in [0.25, 0.3) is 5.82 Å². The van der Waals surface area contributed by atoms with Gasteiger partial charge in [0.1, 0.15) is 5.69 Å². The van der Waals surface area contributed by atoms with Crippen molar-refractivity contribution in [2.45, 2.75) is 27.2 Å². The van der Waals surface area contributed by atoms with E-state index < -0.39 is 0 Å². The molecule has 6 aromatic rings. The van der Waals surface area contributed by atoms with Crippen molar-refractivity contribution in [1.82, 2.24) is 9.55 Å². The summed E-state index contributed by atoms with van der Waals surface area (Å²) in [6.07, 6.45) is 1.01. The number of aromatic nitrogens is 3. The zero-order valence-corrected chi connectivity index (χ0v) is 20.9. The van der Waals surface area contributed by atoms with Crippen LogP contribution in [0.2, 0.25) is 0 Å². The summed E-state index contributed by atoms with van der Waals surface area (Å²) < 4.78 is 6.07. The smallest absolute Gasteiger partial charge is 0.241 e. The fourth-order valence-electron chi connectivity index (χ4n) is 5.09. The minimum absolute atomic E-state index is 0.586. The molecule has 34 heavy (non-hydrogen) atoms. The van der Waals surface area contributed by atoms with Gasteiger partial charge in [-0.2, -0.15) is 4.57 Å². The maximum absolute atomic E-state index is 5.02. The number of hydrogen-bond acceptors (Lipinski definition) is 2. The third-order valence-electron chi connectivity index (χ3n) is 6.64. The number of nitrogens with zero attached hydrogens (tertiary/aromatic N) is 3. The first-order valence-electron chi connectivity index (χ1n) is 11.9. The number of fused-ring (bicyclic) bond motifs is 3. The van der Waals surface area contributed by atoms with Crippen LogP contribution in [0.3, 0.4) is 0 Å². The van der Waals surface area contributed by atoms with Gasteiger partial charge >= 0.3 is 0 Å². The van der Waals surface area contributed by atoms with E-state index in [1.165, 1.54) is 54.2 Å². The average molecular weight is 463 g/mol. The average Bonchev–Trinajstić information content (AvgIpc) is 3.36. The molecule has 4 aromatic carbocycles. The van der Waals surface area contributed by atoms with Crippen molar-refractivity contribution in [2.75, 3.05) is 0 Å². The van der Waals surface area contributed by atoms with Crippen LogP contribution < -0.4 is 4.57 Å². The SMILES string of the molecule is Cc1ccc2nc(CC(C)C)sc2c1-c1n(-c2cccc3ccccc23)c2ccccc2[n+]1C. The topological polar surface area (TPSA) is 21.7 Å². The van der Waals surface area contributed by atoms with Crippen LogP contribution in [0, 0.1) is 12.8 Å². The first kappa shape index (κ1) is 21.1. The Hall–Kier alpha value is -3.50. The zero-order valence-electron chi connectivity index (χ0n) is 20.0. The van der Waals surface area contributed by atoms with Gasteiger partial charge in [0.15, 0.2) is 11.0 Å². The Morgan fingerprint density at radius 2 is 1.68 bits per heavy atom. The predicted molar refractivity (Wildman–Crippen MR) is 144 cm³/mol. The maximum Gasteiger partial charge on any atom is 0.296 e. The first-order chi connectivity index (χ1) is 16.5. The largest absolute Gasteiger partial charge is 0.296 e. The molecule has 3 nitrogen and oxygen atoms in total. The van der Waals surface area contributed by atoms with Gasteiger partial charge in [-0.1, -0.05) is 68.4 Å². The highest BCUT2D eigenvalue weighted by Crippen LogP contribution is 2.38. The van der Waals surface area contributed by atoms with Gasteiger partial charge in [0.2, 0.25) is 0 Å². The molecule has 4 heteroatoms. The van der Waals surface area contributed by atoms with Gasteiger partial charge in [-0.25, -0.2) is 9.55 Å². The molecule has 6 rings (SSSR count). The molecule has 0 bridgehead atoms. The number of rotatable bonds is 4. The fraction of sp³-hybridized carbons (Fsp3) is 0.200. The molecule has 2 aromatic heterocycles. The third-order valence-corrected chi connectivity index (χ3v) is 7.75. The molecular weight excluding hydrogens is 434 g/mol. The molecule has 0 aliphatic heterocycles. The molecule has 0 fully saturated rings. The summed E-state index contributed by atoms with van der Waals surface area (Å²) in [6.45, 7) is 6.74. The zero-order chi connectivity index (χ0) is 23.4. The van der Waals surface area contributed by atoms with E-state index in [4.69, 9.17) is 4.98 Å². The molecule has 0 amide bonds. The van der Waals surface area contributed by atoms with Crippen molar-refractivity contribution in [2.24, 2.45) is 13.0 Å². The predicted octanol–water partition coefficient (Wildman–Crippen LogP) is 7.39. The van der Waals surface area contributed by atoms with Crippen LogP contribution in [0.5, 0.6) is 0 Å². The summed E-state index contributed by atoms with van der Waals surface area (Å²) >= 11 is 1.85. The molecule has 0 atom stereocenters. The van der Waals surface area contributed by atoms with Crippen LogP contribution in [-0.2, 0) is 13.5 Å². The van der Waals surface area contributed by atoms with Crippen LogP contribution in [0.1, 0.15) is 24.4 Å². The van der Waals surface area contributed by atoms with E-state index in [1.54, 1.807) is 0 Å². The van der Waals surface area contributed by atoms with Crippen LogP contribution in [-0.4, -0.2) is 9.55 Å². The molecule has 0 radical (unpaired) electrons. The minimum atomic E-state index is 0.586. The van der Waals surface area contributed by atoms with Crippen LogP contribution in [0.4, 0.5) is 0 Å². The van der Waals surface area contributed by atoms with E-state index in [2.05, 4.69) is 116 Å². The summed E-state index contributed by atoms with van der Waals surface area (Å²) in [7, 11) is 2.19. The van der Waals surface area contributed by atoms with Crippen molar-refractivity contribution in [1.29, 1.82) is 0 Å². The van der Waals surface area contributed by atoms with Crippen molar-refractivity contribution >= 4 is 43.4 Å². The Kier molecular flexibility index (Phi) is 5.00. The van der Waals surface area contributed by atoms with Crippen LogP contribution in [0.25, 0.3) is 49.1 Å². The fourth-order valence-corrected chi connectivity index (χ4v) is 6.46. The van der Waals surface area contributed by atoms with Crippen molar-refractivity contribution in [3.63, 3.8) is 0 Å². The van der Waals surface area contributed by atoms with Gasteiger partial charge < -0.3 is 0 Å². The Bertz CT molecular complexity index is 1680. The summed E-state index contributed by atoms with van der Waals surface area (Å²) in [5.41, 5.74) is 7.27. The van der Waals surface area contributed by atoms with Gasteiger partial charge in [-0.15, -0.1) is 11.3 Å². The highest BCUT2D eigenvalue weighted by molar-refractivity contribution is 7.19. The summed E-state index contributed by atoms with van der Waals surface area (Å²) in [5, 5.41) is 3.72. The lowest BCUT2D eigenvalue weighted by Gasteiger charge is -2.09. The molecule has 0 unspecified atom stereocenters. The number of imidazole rings is 1. The van der Waals surface area contributed by atoms with Gasteiger partial charge in [0.05, 0.1) is 27.8 Å². The lowest BCUT2D eigenvalue weighted by atomic mass is 10.1. The number of hydrogen-bond donors (Lipinski definition) is 0. The Balaban J connectivity index is 1.75. The van der Waals surface area contributed by atoms with Crippen LogP contribution in [0.15, 0.2) is 78.9 Å². The molecule has 0 aliphatic rings. The Labute approximate surface area is 203 Å². The summed E-state index contributed by atoms with van der Waals surface area (Å²) in [6, 6.07) is 28.4. The number of benzene rings is 4. The molecular formula is C30H28N3S+.